The summed E-state index contributed by atoms with van der Waals surface area (Å²) in [4.78, 5) is 19.1. The van der Waals surface area contributed by atoms with E-state index in [1.165, 1.54) is 0 Å². The van der Waals surface area contributed by atoms with E-state index in [-0.39, 0.29) is 18.1 Å². The number of rotatable bonds is 4. The predicted molar refractivity (Wildman–Crippen MR) is 70.3 cm³/mol. The van der Waals surface area contributed by atoms with Gasteiger partial charge in [-0.05, 0) is 19.8 Å². The Labute approximate surface area is 111 Å². The van der Waals surface area contributed by atoms with Crippen LogP contribution in [0.2, 0.25) is 0 Å². The fourth-order valence-corrected chi connectivity index (χ4v) is 2.95. The van der Waals surface area contributed by atoms with Crippen molar-refractivity contribution in [1.82, 2.24) is 9.88 Å². The highest BCUT2D eigenvalue weighted by Gasteiger charge is 2.31. The molecule has 100 valence electrons. The average molecular weight is 269 g/mol. The van der Waals surface area contributed by atoms with Crippen LogP contribution < -0.4 is 5.73 Å². The Bertz CT molecular complexity index is 421. The van der Waals surface area contributed by atoms with E-state index in [1.54, 1.807) is 23.3 Å². The molecule has 1 aromatic rings. The molecule has 1 fully saturated rings. The van der Waals surface area contributed by atoms with Crippen LogP contribution in [0.25, 0.3) is 0 Å². The van der Waals surface area contributed by atoms with E-state index in [0.717, 1.165) is 22.7 Å². The minimum atomic E-state index is -0.322. The third kappa shape index (κ3) is 3.07. The third-order valence-corrected chi connectivity index (χ3v) is 3.98. The zero-order valence-corrected chi connectivity index (χ0v) is 11.6. The third-order valence-electron chi connectivity index (χ3n) is 3.08. The number of nitrogens with zero attached hydrogens (tertiary/aromatic N) is 2. The van der Waals surface area contributed by atoms with Crippen molar-refractivity contribution in [3.8, 4) is 0 Å². The number of hydrogen-bond acceptors (Lipinski definition) is 5. The summed E-state index contributed by atoms with van der Waals surface area (Å²) in [6.07, 6.45) is 3.19. The Morgan fingerprint density at radius 2 is 2.44 bits per heavy atom. The highest BCUT2D eigenvalue weighted by atomic mass is 32.1. The van der Waals surface area contributed by atoms with E-state index in [4.69, 9.17) is 10.5 Å². The van der Waals surface area contributed by atoms with Crippen LogP contribution >= 0.6 is 11.3 Å². The van der Waals surface area contributed by atoms with E-state index < -0.39 is 0 Å². The van der Waals surface area contributed by atoms with Crippen LogP contribution in [0.3, 0.4) is 0 Å². The molecule has 1 amide bonds. The summed E-state index contributed by atoms with van der Waals surface area (Å²) in [6.45, 7) is 3.04. The quantitative estimate of drug-likeness (QED) is 0.882. The molecule has 1 aliphatic rings. The van der Waals surface area contributed by atoms with Gasteiger partial charge in [0.15, 0.2) is 0 Å². The largest absolute Gasteiger partial charge is 0.364 e. The van der Waals surface area contributed by atoms with Gasteiger partial charge in [-0.2, -0.15) is 0 Å². The molecule has 0 aliphatic carbocycles. The molecule has 0 aromatic carbocycles. The summed E-state index contributed by atoms with van der Waals surface area (Å²) in [6, 6.07) is 0. The molecule has 0 bridgehead atoms. The minimum Gasteiger partial charge on any atom is -0.364 e. The molecule has 0 unspecified atom stereocenters. The first-order valence-electron chi connectivity index (χ1n) is 6.12. The molecule has 1 saturated heterocycles. The molecule has 1 aliphatic heterocycles. The number of aromatic nitrogens is 1. The molecule has 5 nitrogen and oxygen atoms in total. The van der Waals surface area contributed by atoms with Crippen molar-refractivity contribution >= 4 is 17.2 Å². The number of nitrogens with two attached hydrogens (primary N) is 1. The van der Waals surface area contributed by atoms with Gasteiger partial charge in [-0.1, -0.05) is 0 Å². The number of ether oxygens (including phenoxy) is 1. The highest BCUT2D eigenvalue weighted by Crippen LogP contribution is 2.21. The highest BCUT2D eigenvalue weighted by molar-refractivity contribution is 7.11. The average Bonchev–Trinajstić information content (AvgIpc) is 2.97. The number of thiazole rings is 1. The zero-order chi connectivity index (χ0) is 13.1. The van der Waals surface area contributed by atoms with Crippen molar-refractivity contribution in [1.29, 1.82) is 0 Å². The van der Waals surface area contributed by atoms with Crippen molar-refractivity contribution in [2.24, 2.45) is 5.73 Å². The first kappa shape index (κ1) is 13.5. The first-order valence-corrected chi connectivity index (χ1v) is 6.93. The van der Waals surface area contributed by atoms with Crippen LogP contribution in [0.1, 0.15) is 22.7 Å². The Morgan fingerprint density at radius 3 is 3.00 bits per heavy atom. The molecule has 6 heteroatoms. The number of likely N-dealkylation sites (N-methyl/N-ethyl adjacent to an activating group) is 1. The molecule has 0 radical (unpaired) electrons. The molecule has 2 atom stereocenters. The second-order valence-electron chi connectivity index (χ2n) is 4.60. The van der Waals surface area contributed by atoms with Crippen LogP contribution in [0.15, 0.2) is 6.20 Å². The predicted octanol–water partition coefficient (Wildman–Crippen LogP) is 0.916. The summed E-state index contributed by atoms with van der Waals surface area (Å²) < 4.78 is 5.61. The summed E-state index contributed by atoms with van der Waals surface area (Å²) >= 11 is 1.62. The summed E-state index contributed by atoms with van der Waals surface area (Å²) in [5, 5.41) is 1.02. The summed E-state index contributed by atoms with van der Waals surface area (Å²) in [5.74, 6) is 0.0389. The van der Waals surface area contributed by atoms with Crippen LogP contribution in [0, 0.1) is 6.92 Å². The molecule has 18 heavy (non-hydrogen) atoms. The molecule has 2 N–H and O–H groups in total. The van der Waals surface area contributed by atoms with Gasteiger partial charge in [0.25, 0.3) is 5.91 Å². The lowest BCUT2D eigenvalue weighted by Gasteiger charge is -2.20. The maximum absolute atomic E-state index is 12.2. The van der Waals surface area contributed by atoms with Gasteiger partial charge < -0.3 is 15.4 Å². The van der Waals surface area contributed by atoms with Crippen LogP contribution in [-0.2, 0) is 16.1 Å². The minimum absolute atomic E-state index is 0.0389. The molecule has 2 heterocycles. The standard InChI is InChI=1S/C12H19N3O2S/c1-8-14-6-10(18-8)7-15(2)12(16)11-4-3-9(5-13)17-11/h6,9,11H,3-5,7,13H2,1-2H3/t9-,11+/m1/s1. The number of aryl methyl sites for hydroxylation is 1. The van der Waals surface area contributed by atoms with Gasteiger partial charge in [0.05, 0.1) is 17.7 Å². The maximum Gasteiger partial charge on any atom is 0.251 e. The smallest absolute Gasteiger partial charge is 0.251 e. The molecule has 0 spiro atoms. The Morgan fingerprint density at radius 1 is 1.67 bits per heavy atom. The monoisotopic (exact) mass is 269 g/mol. The lowest BCUT2D eigenvalue weighted by Crippen LogP contribution is -2.36. The van der Waals surface area contributed by atoms with Crippen molar-refractivity contribution in [3.63, 3.8) is 0 Å². The second-order valence-corrected chi connectivity index (χ2v) is 5.92. The van der Waals surface area contributed by atoms with Gasteiger partial charge in [0.2, 0.25) is 0 Å². The second kappa shape index (κ2) is 5.77. The normalized spacial score (nSPS) is 23.3. The fraction of sp³-hybridized carbons (Fsp3) is 0.667. The van der Waals surface area contributed by atoms with Gasteiger partial charge in [-0.3, -0.25) is 4.79 Å². The Kier molecular flexibility index (Phi) is 4.31. The van der Waals surface area contributed by atoms with E-state index in [0.29, 0.717) is 13.1 Å². The van der Waals surface area contributed by atoms with Gasteiger partial charge in [0, 0.05) is 24.7 Å². The lowest BCUT2D eigenvalue weighted by molar-refractivity contribution is -0.141. The van der Waals surface area contributed by atoms with Crippen molar-refractivity contribution in [3.05, 3.63) is 16.1 Å². The maximum atomic E-state index is 12.2. The molecular weight excluding hydrogens is 250 g/mol. The van der Waals surface area contributed by atoms with Gasteiger partial charge in [0.1, 0.15) is 6.10 Å². The van der Waals surface area contributed by atoms with E-state index in [1.807, 2.05) is 13.1 Å². The number of hydrogen-bond donors (Lipinski definition) is 1. The van der Waals surface area contributed by atoms with E-state index in [2.05, 4.69) is 4.98 Å². The molecular formula is C12H19N3O2S. The van der Waals surface area contributed by atoms with Gasteiger partial charge in [-0.25, -0.2) is 4.98 Å². The number of amides is 1. The van der Waals surface area contributed by atoms with Crippen LogP contribution in [0.5, 0.6) is 0 Å². The van der Waals surface area contributed by atoms with Crippen LogP contribution in [-0.4, -0.2) is 41.6 Å². The van der Waals surface area contributed by atoms with Gasteiger partial charge >= 0.3 is 0 Å². The zero-order valence-electron chi connectivity index (χ0n) is 10.8. The van der Waals surface area contributed by atoms with E-state index >= 15 is 0 Å². The number of carbonyl (C=O) groups is 1. The fourth-order valence-electron chi connectivity index (χ4n) is 2.10. The summed E-state index contributed by atoms with van der Waals surface area (Å²) in [5.41, 5.74) is 5.54. The number of carbonyl (C=O) groups excluding carboxylic acids is 1. The SMILES string of the molecule is Cc1ncc(CN(C)C(=O)[C@@H]2CC[C@H](CN)O2)s1. The molecule has 1 aromatic heterocycles. The van der Waals surface area contributed by atoms with Crippen molar-refractivity contribution in [2.75, 3.05) is 13.6 Å². The van der Waals surface area contributed by atoms with Gasteiger partial charge in [-0.15, -0.1) is 11.3 Å². The molecule has 2 rings (SSSR count). The van der Waals surface area contributed by atoms with Crippen molar-refractivity contribution < 1.29 is 9.53 Å². The van der Waals surface area contributed by atoms with E-state index in [9.17, 15) is 4.79 Å². The Hall–Kier alpha value is -0.980. The molecule has 0 saturated carbocycles. The lowest BCUT2D eigenvalue weighted by atomic mass is 10.2. The van der Waals surface area contributed by atoms with Crippen LogP contribution in [0.4, 0.5) is 0 Å². The van der Waals surface area contributed by atoms with Crippen molar-refractivity contribution in [2.45, 2.75) is 38.5 Å². The Balaban J connectivity index is 1.89. The topological polar surface area (TPSA) is 68.5 Å². The summed E-state index contributed by atoms with van der Waals surface area (Å²) in [7, 11) is 1.80. The first-order chi connectivity index (χ1) is 8.60.